The Bertz CT molecular complexity index is 125. The van der Waals surface area contributed by atoms with Crippen LogP contribution in [-0.4, -0.2) is 31.1 Å². The molecule has 0 bridgehead atoms. The van der Waals surface area contributed by atoms with Crippen molar-refractivity contribution in [3.63, 3.8) is 0 Å². The van der Waals surface area contributed by atoms with Gasteiger partial charge in [-0.1, -0.05) is 13.3 Å². The highest BCUT2D eigenvalue weighted by Crippen LogP contribution is 2.22. The number of rotatable bonds is 2. The van der Waals surface area contributed by atoms with Crippen LogP contribution in [0.15, 0.2) is 0 Å². The van der Waals surface area contributed by atoms with Gasteiger partial charge in [-0.2, -0.15) is 0 Å². The van der Waals surface area contributed by atoms with Gasteiger partial charge in [-0.05, 0) is 45.3 Å². The molecule has 2 N–H and O–H groups in total. The minimum atomic E-state index is 0.734. The second-order valence-corrected chi connectivity index (χ2v) is 3.95. The molecule has 1 aliphatic heterocycles. The second-order valence-electron chi connectivity index (χ2n) is 3.95. The molecule has 0 aromatic carbocycles. The first-order chi connectivity index (χ1) is 5.79. The molecule has 0 aromatic heterocycles. The average Bonchev–Trinajstić information content (AvgIpc) is 2.26. The van der Waals surface area contributed by atoms with E-state index in [9.17, 15) is 0 Å². The lowest BCUT2D eigenvalue weighted by Gasteiger charge is -2.30. The van der Waals surface area contributed by atoms with Crippen LogP contribution in [0.3, 0.4) is 0 Å². The van der Waals surface area contributed by atoms with Crippen molar-refractivity contribution in [3.05, 3.63) is 0 Å². The zero-order chi connectivity index (χ0) is 8.97. The zero-order valence-corrected chi connectivity index (χ0v) is 8.42. The van der Waals surface area contributed by atoms with Crippen molar-refractivity contribution in [1.82, 2.24) is 4.90 Å². The summed E-state index contributed by atoms with van der Waals surface area (Å²) in [6, 6.07) is 0.734. The normalized spacial score (nSPS) is 33.2. The van der Waals surface area contributed by atoms with Gasteiger partial charge >= 0.3 is 0 Å². The summed E-state index contributed by atoms with van der Waals surface area (Å²) in [6.45, 7) is 4.40. The Hall–Kier alpha value is -0.0800. The van der Waals surface area contributed by atoms with Gasteiger partial charge < -0.3 is 10.6 Å². The highest BCUT2D eigenvalue weighted by atomic mass is 15.1. The maximum atomic E-state index is 5.77. The molecule has 2 heteroatoms. The third-order valence-corrected chi connectivity index (χ3v) is 3.17. The van der Waals surface area contributed by atoms with Crippen LogP contribution in [0, 0.1) is 5.92 Å². The van der Waals surface area contributed by atoms with Crippen LogP contribution in [0.1, 0.15) is 32.6 Å². The molecule has 0 unspecified atom stereocenters. The van der Waals surface area contributed by atoms with Gasteiger partial charge in [-0.3, -0.25) is 0 Å². The molecule has 1 fully saturated rings. The summed E-state index contributed by atoms with van der Waals surface area (Å²) >= 11 is 0. The van der Waals surface area contributed by atoms with Crippen LogP contribution in [0.4, 0.5) is 0 Å². The quantitative estimate of drug-likeness (QED) is 0.680. The first-order valence-corrected chi connectivity index (χ1v) is 5.20. The van der Waals surface area contributed by atoms with Crippen molar-refractivity contribution >= 4 is 0 Å². The molecule has 72 valence electrons. The molecule has 12 heavy (non-hydrogen) atoms. The molecular weight excluding hydrogens is 148 g/mol. The SMILES string of the molecule is CC[C@@H]1[C@@H](CN)CCCCN1C. The van der Waals surface area contributed by atoms with Crippen molar-refractivity contribution in [1.29, 1.82) is 0 Å². The molecule has 1 saturated heterocycles. The molecule has 1 aliphatic rings. The van der Waals surface area contributed by atoms with Gasteiger partial charge in [-0.15, -0.1) is 0 Å². The Morgan fingerprint density at radius 2 is 2.17 bits per heavy atom. The third-order valence-electron chi connectivity index (χ3n) is 3.17. The van der Waals surface area contributed by atoms with Gasteiger partial charge in [0.15, 0.2) is 0 Å². The van der Waals surface area contributed by atoms with E-state index in [-0.39, 0.29) is 0 Å². The molecule has 1 rings (SSSR count). The topological polar surface area (TPSA) is 29.3 Å². The van der Waals surface area contributed by atoms with Gasteiger partial charge in [0.05, 0.1) is 0 Å². The Labute approximate surface area is 76.1 Å². The van der Waals surface area contributed by atoms with Gasteiger partial charge in [0, 0.05) is 6.04 Å². The van der Waals surface area contributed by atoms with Gasteiger partial charge in [0.25, 0.3) is 0 Å². The lowest BCUT2D eigenvalue weighted by Crippen LogP contribution is -2.39. The zero-order valence-electron chi connectivity index (χ0n) is 8.42. The number of hydrogen-bond donors (Lipinski definition) is 1. The Morgan fingerprint density at radius 3 is 2.75 bits per heavy atom. The summed E-state index contributed by atoms with van der Waals surface area (Å²) in [7, 11) is 2.24. The monoisotopic (exact) mass is 170 g/mol. The van der Waals surface area contributed by atoms with Crippen LogP contribution >= 0.6 is 0 Å². The lowest BCUT2D eigenvalue weighted by atomic mass is 9.93. The molecule has 0 radical (unpaired) electrons. The summed E-state index contributed by atoms with van der Waals surface area (Å²) in [5, 5.41) is 0. The van der Waals surface area contributed by atoms with Gasteiger partial charge in [0.1, 0.15) is 0 Å². The summed E-state index contributed by atoms with van der Waals surface area (Å²) in [6.07, 6.45) is 5.30. The molecule has 0 spiro atoms. The molecule has 2 nitrogen and oxygen atoms in total. The fourth-order valence-corrected chi connectivity index (χ4v) is 2.41. The standard InChI is InChI=1S/C10H22N2/c1-3-10-9(8-11)6-4-5-7-12(10)2/h9-10H,3-8,11H2,1-2H3/t9-,10-/m1/s1. The Balaban J connectivity index is 2.56. The minimum Gasteiger partial charge on any atom is -0.330 e. The van der Waals surface area contributed by atoms with Crippen LogP contribution < -0.4 is 5.73 Å². The predicted molar refractivity (Wildman–Crippen MR) is 53.1 cm³/mol. The molecule has 0 aliphatic carbocycles. The van der Waals surface area contributed by atoms with E-state index in [0.717, 1.165) is 18.5 Å². The second kappa shape index (κ2) is 4.83. The van der Waals surface area contributed by atoms with E-state index in [0.29, 0.717) is 0 Å². The maximum Gasteiger partial charge on any atom is 0.0130 e. The Morgan fingerprint density at radius 1 is 1.42 bits per heavy atom. The first kappa shape index (κ1) is 10.0. The predicted octanol–water partition coefficient (Wildman–Crippen LogP) is 1.46. The summed E-state index contributed by atoms with van der Waals surface area (Å²) in [4.78, 5) is 2.49. The van der Waals surface area contributed by atoms with Crippen molar-refractivity contribution < 1.29 is 0 Å². The first-order valence-electron chi connectivity index (χ1n) is 5.20. The van der Waals surface area contributed by atoms with Crippen LogP contribution in [0.25, 0.3) is 0 Å². The number of nitrogens with zero attached hydrogens (tertiary/aromatic N) is 1. The molecule has 0 amide bonds. The average molecular weight is 170 g/mol. The third kappa shape index (κ3) is 2.20. The summed E-state index contributed by atoms with van der Waals surface area (Å²) in [5.74, 6) is 0.738. The molecule has 2 atom stereocenters. The van der Waals surface area contributed by atoms with Crippen LogP contribution in [-0.2, 0) is 0 Å². The molecule has 0 saturated carbocycles. The lowest BCUT2D eigenvalue weighted by molar-refractivity contribution is 0.188. The smallest absolute Gasteiger partial charge is 0.0130 e. The molecule has 1 heterocycles. The van der Waals surface area contributed by atoms with E-state index < -0.39 is 0 Å². The van der Waals surface area contributed by atoms with Crippen molar-refractivity contribution in [2.24, 2.45) is 11.7 Å². The van der Waals surface area contributed by atoms with Crippen LogP contribution in [0.2, 0.25) is 0 Å². The summed E-state index contributed by atoms with van der Waals surface area (Å²) < 4.78 is 0. The Kier molecular flexibility index (Phi) is 4.02. The fourth-order valence-electron chi connectivity index (χ4n) is 2.41. The van der Waals surface area contributed by atoms with Crippen molar-refractivity contribution in [3.8, 4) is 0 Å². The van der Waals surface area contributed by atoms with Crippen LogP contribution in [0.5, 0.6) is 0 Å². The van der Waals surface area contributed by atoms with E-state index in [1.165, 1.54) is 32.2 Å². The largest absolute Gasteiger partial charge is 0.330 e. The van der Waals surface area contributed by atoms with E-state index in [1.54, 1.807) is 0 Å². The minimum absolute atomic E-state index is 0.734. The van der Waals surface area contributed by atoms with E-state index in [2.05, 4.69) is 18.9 Å². The number of likely N-dealkylation sites (tertiary alicyclic amines) is 1. The summed E-state index contributed by atoms with van der Waals surface area (Å²) in [5.41, 5.74) is 5.77. The fraction of sp³-hybridized carbons (Fsp3) is 1.00. The van der Waals surface area contributed by atoms with E-state index >= 15 is 0 Å². The maximum absolute atomic E-state index is 5.77. The number of nitrogens with two attached hydrogens (primary N) is 1. The van der Waals surface area contributed by atoms with E-state index in [1.807, 2.05) is 0 Å². The molecular formula is C10H22N2. The highest BCUT2D eigenvalue weighted by molar-refractivity contribution is 4.80. The molecule has 0 aromatic rings. The highest BCUT2D eigenvalue weighted by Gasteiger charge is 2.24. The van der Waals surface area contributed by atoms with Crippen molar-refractivity contribution in [2.75, 3.05) is 20.1 Å². The van der Waals surface area contributed by atoms with Gasteiger partial charge in [0.2, 0.25) is 0 Å². The van der Waals surface area contributed by atoms with E-state index in [4.69, 9.17) is 5.73 Å². The van der Waals surface area contributed by atoms with Gasteiger partial charge in [-0.25, -0.2) is 0 Å². The number of hydrogen-bond acceptors (Lipinski definition) is 2. The van der Waals surface area contributed by atoms with Crippen molar-refractivity contribution in [2.45, 2.75) is 38.6 Å².